The number of aromatic hydroxyl groups is 4. The summed E-state index contributed by atoms with van der Waals surface area (Å²) in [5.74, 6) is -2.92. The van der Waals surface area contributed by atoms with Crippen molar-refractivity contribution in [2.45, 2.75) is 43.0 Å². The minimum Gasteiger partial charge on any atom is -0.507 e. The zero-order chi connectivity index (χ0) is 23.3. The Morgan fingerprint density at radius 2 is 1.59 bits per heavy atom. The second-order valence-corrected chi connectivity index (χ2v) is 7.76. The third-order valence-corrected chi connectivity index (χ3v) is 5.74. The second-order valence-electron chi connectivity index (χ2n) is 7.76. The number of ketones is 1. The van der Waals surface area contributed by atoms with E-state index in [0.717, 1.165) is 6.07 Å². The Labute approximate surface area is 181 Å². The van der Waals surface area contributed by atoms with Gasteiger partial charge in [-0.05, 0) is 17.7 Å². The number of Topliss-reactive ketones (excluding diaryl/α,β-unsaturated/α-hetero) is 1. The van der Waals surface area contributed by atoms with Gasteiger partial charge in [0.25, 0.3) is 0 Å². The van der Waals surface area contributed by atoms with E-state index in [4.69, 9.17) is 9.47 Å². The molecule has 2 aliphatic heterocycles. The van der Waals surface area contributed by atoms with Gasteiger partial charge in [-0.15, -0.1) is 0 Å². The van der Waals surface area contributed by atoms with Crippen molar-refractivity contribution in [2.24, 2.45) is 0 Å². The van der Waals surface area contributed by atoms with E-state index in [1.807, 2.05) is 0 Å². The summed E-state index contributed by atoms with van der Waals surface area (Å²) < 4.78 is 11.4. The molecular formula is C21H22O11. The van der Waals surface area contributed by atoms with E-state index >= 15 is 0 Å². The Morgan fingerprint density at radius 3 is 2.25 bits per heavy atom. The number of hydrogen-bond acceptors (Lipinski definition) is 11. The highest BCUT2D eigenvalue weighted by atomic mass is 16.5. The number of rotatable bonds is 3. The monoisotopic (exact) mass is 450 g/mol. The number of phenols is 4. The lowest BCUT2D eigenvalue weighted by Crippen LogP contribution is -2.55. The summed E-state index contributed by atoms with van der Waals surface area (Å²) in [5.41, 5.74) is -0.244. The van der Waals surface area contributed by atoms with Crippen LogP contribution in [0.3, 0.4) is 0 Å². The molecule has 11 heteroatoms. The van der Waals surface area contributed by atoms with Crippen molar-refractivity contribution in [3.63, 3.8) is 0 Å². The summed E-state index contributed by atoms with van der Waals surface area (Å²) in [5, 5.41) is 80.2. The molecule has 2 aromatic carbocycles. The van der Waals surface area contributed by atoms with E-state index in [2.05, 4.69) is 0 Å². The zero-order valence-electron chi connectivity index (χ0n) is 16.5. The predicted octanol–water partition coefficient (Wildman–Crippen LogP) is -0.270. The quantitative estimate of drug-likeness (QED) is 0.287. The summed E-state index contributed by atoms with van der Waals surface area (Å²) in [4.78, 5) is 12.8. The number of ether oxygens (including phenoxy) is 2. The van der Waals surface area contributed by atoms with Crippen LogP contribution in [0, 0.1) is 0 Å². The van der Waals surface area contributed by atoms with E-state index in [9.17, 15) is 45.6 Å². The number of hydrogen-bond donors (Lipinski definition) is 8. The smallest absolute Gasteiger partial charge is 0.174 e. The predicted molar refractivity (Wildman–Crippen MR) is 105 cm³/mol. The van der Waals surface area contributed by atoms with Gasteiger partial charge >= 0.3 is 0 Å². The summed E-state index contributed by atoms with van der Waals surface area (Å²) in [6.07, 6.45) is -9.22. The van der Waals surface area contributed by atoms with Crippen molar-refractivity contribution in [2.75, 3.05) is 6.61 Å². The molecular weight excluding hydrogens is 428 g/mol. The molecule has 4 rings (SSSR count). The lowest BCUT2D eigenvalue weighted by atomic mass is 9.87. The fourth-order valence-corrected chi connectivity index (χ4v) is 4.03. The van der Waals surface area contributed by atoms with Crippen LogP contribution in [-0.4, -0.2) is 77.7 Å². The van der Waals surface area contributed by atoms with Crippen LogP contribution in [0.15, 0.2) is 24.3 Å². The average Bonchev–Trinajstić information content (AvgIpc) is 2.74. The van der Waals surface area contributed by atoms with Crippen LogP contribution in [0.25, 0.3) is 0 Å². The van der Waals surface area contributed by atoms with Gasteiger partial charge < -0.3 is 50.3 Å². The minimum atomic E-state index is -1.77. The number of phenolic OH excluding ortho intramolecular Hbond substituents is 4. The third kappa shape index (κ3) is 3.49. The van der Waals surface area contributed by atoms with Crippen molar-refractivity contribution in [1.82, 2.24) is 0 Å². The van der Waals surface area contributed by atoms with Gasteiger partial charge in [0.15, 0.2) is 17.3 Å². The summed E-state index contributed by atoms with van der Waals surface area (Å²) >= 11 is 0. The summed E-state index contributed by atoms with van der Waals surface area (Å²) in [7, 11) is 0. The number of aliphatic hydroxyl groups is 4. The molecule has 0 saturated carbocycles. The van der Waals surface area contributed by atoms with Crippen LogP contribution in [0.2, 0.25) is 0 Å². The maximum atomic E-state index is 12.8. The molecule has 2 aromatic rings. The van der Waals surface area contributed by atoms with Crippen LogP contribution in [0.5, 0.6) is 28.7 Å². The summed E-state index contributed by atoms with van der Waals surface area (Å²) in [6.45, 7) is -0.711. The van der Waals surface area contributed by atoms with Gasteiger partial charge in [-0.3, -0.25) is 4.79 Å². The summed E-state index contributed by atoms with van der Waals surface area (Å²) in [6, 6.07) is 4.67. The Balaban J connectivity index is 1.82. The topological polar surface area (TPSA) is 197 Å². The average molecular weight is 450 g/mol. The SMILES string of the molecule is O=C1C[C@@H](c2ccc(O)c(O)c2)Oc2c1c(O)cc(O)c2[C@H]1O[C@@H](CO)[C@H](O)[C@@H](O)[C@@H]1O. The van der Waals surface area contributed by atoms with Gasteiger partial charge in [0.1, 0.15) is 59.4 Å². The van der Waals surface area contributed by atoms with Gasteiger partial charge in [0.05, 0.1) is 18.6 Å². The van der Waals surface area contributed by atoms with E-state index in [1.54, 1.807) is 0 Å². The lowest BCUT2D eigenvalue weighted by molar-refractivity contribution is -0.232. The van der Waals surface area contributed by atoms with Crippen LogP contribution < -0.4 is 4.74 Å². The van der Waals surface area contributed by atoms with E-state index < -0.39 is 66.3 Å². The van der Waals surface area contributed by atoms with Gasteiger partial charge in [-0.1, -0.05) is 6.07 Å². The number of aliphatic hydroxyl groups excluding tert-OH is 4. The fraction of sp³-hybridized carbons (Fsp3) is 0.381. The van der Waals surface area contributed by atoms with Crippen LogP contribution in [0.1, 0.15) is 40.1 Å². The zero-order valence-corrected chi connectivity index (χ0v) is 16.5. The molecule has 0 amide bonds. The molecule has 32 heavy (non-hydrogen) atoms. The normalized spacial score (nSPS) is 29.9. The van der Waals surface area contributed by atoms with Gasteiger partial charge in [-0.25, -0.2) is 0 Å². The van der Waals surface area contributed by atoms with Crippen molar-refractivity contribution < 1.29 is 55.1 Å². The maximum Gasteiger partial charge on any atom is 0.174 e. The second kappa shape index (κ2) is 8.11. The first-order chi connectivity index (χ1) is 15.1. The number of carbonyl (C=O) groups is 1. The molecule has 1 fully saturated rings. The lowest BCUT2D eigenvalue weighted by Gasteiger charge is -2.41. The Kier molecular flexibility index (Phi) is 5.61. The molecule has 11 nitrogen and oxygen atoms in total. The van der Waals surface area contributed by atoms with Crippen molar-refractivity contribution in [1.29, 1.82) is 0 Å². The number of benzene rings is 2. The van der Waals surface area contributed by atoms with Gasteiger partial charge in [-0.2, -0.15) is 0 Å². The first kappa shape index (κ1) is 22.1. The number of fused-ring (bicyclic) bond motifs is 1. The highest BCUT2D eigenvalue weighted by molar-refractivity contribution is 6.03. The molecule has 0 spiro atoms. The third-order valence-electron chi connectivity index (χ3n) is 5.74. The fourth-order valence-electron chi connectivity index (χ4n) is 4.03. The molecule has 0 bridgehead atoms. The highest BCUT2D eigenvalue weighted by Crippen LogP contribution is 2.50. The number of carbonyl (C=O) groups excluding carboxylic acids is 1. The van der Waals surface area contributed by atoms with E-state index in [-0.39, 0.29) is 29.0 Å². The van der Waals surface area contributed by atoms with Crippen molar-refractivity contribution >= 4 is 5.78 Å². The maximum absolute atomic E-state index is 12.8. The van der Waals surface area contributed by atoms with E-state index in [1.165, 1.54) is 18.2 Å². The Hall–Kier alpha value is -3.09. The van der Waals surface area contributed by atoms with Crippen molar-refractivity contribution in [3.8, 4) is 28.7 Å². The Bertz CT molecular complexity index is 1050. The first-order valence-corrected chi connectivity index (χ1v) is 9.75. The molecule has 2 aliphatic rings. The molecule has 172 valence electrons. The van der Waals surface area contributed by atoms with Crippen molar-refractivity contribution in [3.05, 3.63) is 41.0 Å². The molecule has 0 radical (unpaired) electrons. The molecule has 0 aliphatic carbocycles. The van der Waals surface area contributed by atoms with Crippen LogP contribution >= 0.6 is 0 Å². The molecule has 6 atom stereocenters. The Morgan fingerprint density at radius 1 is 0.875 bits per heavy atom. The standard InChI is InChI=1S/C21H22O11/c22-6-14-17(28)18(29)19(30)21(32-14)16-11(26)4-10(25)15-12(27)5-13(31-20(15)16)7-1-2-8(23)9(24)3-7/h1-4,13-14,17-19,21-26,28-30H,5-6H2/t13-,14-,17-,18+,19-,21+/m0/s1. The highest BCUT2D eigenvalue weighted by Gasteiger charge is 2.47. The van der Waals surface area contributed by atoms with Crippen LogP contribution in [0.4, 0.5) is 0 Å². The van der Waals surface area contributed by atoms with Gasteiger partial charge in [0, 0.05) is 6.07 Å². The largest absolute Gasteiger partial charge is 0.507 e. The molecule has 8 N–H and O–H groups in total. The van der Waals surface area contributed by atoms with Gasteiger partial charge in [0.2, 0.25) is 0 Å². The van der Waals surface area contributed by atoms with Crippen LogP contribution in [-0.2, 0) is 4.74 Å². The first-order valence-electron chi connectivity index (χ1n) is 9.75. The molecule has 0 aromatic heterocycles. The minimum absolute atomic E-state index is 0.246. The van der Waals surface area contributed by atoms with E-state index in [0.29, 0.717) is 5.56 Å². The molecule has 2 heterocycles. The molecule has 1 saturated heterocycles. The molecule has 0 unspecified atom stereocenters.